The van der Waals surface area contributed by atoms with E-state index in [1.54, 1.807) is 13.4 Å². The molecule has 1 atom stereocenters. The molecule has 5 rings (SSSR count). The summed E-state index contributed by atoms with van der Waals surface area (Å²) in [5, 5.41) is 3.34. The molecule has 1 spiro atoms. The maximum atomic E-state index is 6.36. The third-order valence-electron chi connectivity index (χ3n) is 6.64. The molecule has 0 unspecified atom stereocenters. The van der Waals surface area contributed by atoms with E-state index in [4.69, 9.17) is 15.2 Å². The lowest BCUT2D eigenvalue weighted by Crippen LogP contribution is -2.34. The normalized spacial score (nSPS) is 19.0. The van der Waals surface area contributed by atoms with Gasteiger partial charge in [0, 0.05) is 42.7 Å². The van der Waals surface area contributed by atoms with Crippen LogP contribution in [-0.2, 0) is 16.6 Å². The van der Waals surface area contributed by atoms with Crippen LogP contribution >= 0.6 is 0 Å². The van der Waals surface area contributed by atoms with Crippen molar-refractivity contribution in [1.82, 2.24) is 15.3 Å². The van der Waals surface area contributed by atoms with Crippen LogP contribution in [0.3, 0.4) is 0 Å². The Labute approximate surface area is 188 Å². The first kappa shape index (κ1) is 20.5. The van der Waals surface area contributed by atoms with Crippen LogP contribution < -0.4 is 15.8 Å². The van der Waals surface area contributed by atoms with Gasteiger partial charge in [0.1, 0.15) is 17.8 Å². The summed E-state index contributed by atoms with van der Waals surface area (Å²) in [6.45, 7) is 4.92. The molecule has 164 valence electrons. The minimum atomic E-state index is -0.397. The summed E-state index contributed by atoms with van der Waals surface area (Å²) in [6.07, 6.45) is 9.17. The predicted molar refractivity (Wildman–Crippen MR) is 124 cm³/mol. The Bertz CT molecular complexity index is 1190. The largest absolute Gasteiger partial charge is 0.457 e. The van der Waals surface area contributed by atoms with Gasteiger partial charge < -0.3 is 20.5 Å². The van der Waals surface area contributed by atoms with Gasteiger partial charge in [-0.15, -0.1) is 0 Å². The van der Waals surface area contributed by atoms with Gasteiger partial charge in [0.2, 0.25) is 0 Å². The average Bonchev–Trinajstić information content (AvgIpc) is 3.21. The summed E-state index contributed by atoms with van der Waals surface area (Å²) >= 11 is 0. The first-order valence-corrected chi connectivity index (χ1v) is 10.9. The number of hydrogen-bond acceptors (Lipinski definition) is 6. The summed E-state index contributed by atoms with van der Waals surface area (Å²) in [6, 6.07) is 12.7. The van der Waals surface area contributed by atoms with Crippen LogP contribution in [0.5, 0.6) is 11.5 Å². The van der Waals surface area contributed by atoms with E-state index in [1.807, 2.05) is 24.5 Å². The maximum Gasteiger partial charge on any atom is 0.131 e. The lowest BCUT2D eigenvalue weighted by atomic mass is 9.72. The number of nitrogens with zero attached hydrogens (tertiary/aromatic N) is 2. The number of nitrogens with one attached hydrogen (secondary N) is 1. The van der Waals surface area contributed by atoms with Crippen molar-refractivity contribution in [2.75, 3.05) is 13.7 Å². The first-order chi connectivity index (χ1) is 15.4. The molecule has 0 fully saturated rings. The van der Waals surface area contributed by atoms with Crippen LogP contribution in [-0.4, -0.2) is 29.2 Å². The molecule has 0 saturated heterocycles. The van der Waals surface area contributed by atoms with Crippen LogP contribution in [0.25, 0.3) is 11.1 Å². The Hall–Kier alpha value is -3.38. The highest BCUT2D eigenvalue weighted by molar-refractivity contribution is 5.70. The number of benzene rings is 2. The zero-order valence-corrected chi connectivity index (χ0v) is 18.7. The Kier molecular flexibility index (Phi) is 4.90. The van der Waals surface area contributed by atoms with Gasteiger partial charge in [0.25, 0.3) is 0 Å². The molecule has 6 heteroatoms. The van der Waals surface area contributed by atoms with Gasteiger partial charge in [-0.1, -0.05) is 18.2 Å². The summed E-state index contributed by atoms with van der Waals surface area (Å²) in [5.74, 6) is 2.40. The molecular weight excluding hydrogens is 400 g/mol. The number of ether oxygens (including phenoxy) is 2. The number of aryl methyl sites for hydroxylation is 1. The third kappa shape index (κ3) is 3.50. The monoisotopic (exact) mass is 428 g/mol. The van der Waals surface area contributed by atoms with Crippen LogP contribution in [0.15, 0.2) is 67.0 Å². The van der Waals surface area contributed by atoms with E-state index >= 15 is 0 Å². The minimum absolute atomic E-state index is 0.164. The second-order valence-electron chi connectivity index (χ2n) is 9.16. The van der Waals surface area contributed by atoms with Gasteiger partial charge in [0.15, 0.2) is 0 Å². The molecule has 6 nitrogen and oxygen atoms in total. The standard InChI is InChI=1S/C26H28N4O2/c1-25(2,31-3)9-8-17-4-6-22-20(10-17)26(12-24(27)30-15-26)21-11-18(5-7-23(21)32-22)19-13-28-16-29-14-19/h4-7,10-14,16,30H,8-9,15,27H2,1-3H3/t26-/m1/s1. The molecule has 32 heavy (non-hydrogen) atoms. The van der Waals surface area contributed by atoms with Crippen molar-refractivity contribution >= 4 is 0 Å². The summed E-state index contributed by atoms with van der Waals surface area (Å²) in [4.78, 5) is 8.34. The maximum absolute atomic E-state index is 6.36. The van der Waals surface area contributed by atoms with Crippen molar-refractivity contribution in [2.45, 2.75) is 37.7 Å². The Balaban J connectivity index is 1.60. The topological polar surface area (TPSA) is 82.3 Å². The molecular formula is C26H28N4O2. The zero-order chi connectivity index (χ0) is 22.3. The minimum Gasteiger partial charge on any atom is -0.457 e. The number of hydrogen-bond donors (Lipinski definition) is 2. The predicted octanol–water partition coefficient (Wildman–Crippen LogP) is 4.30. The molecule has 3 aromatic rings. The number of methoxy groups -OCH3 is 1. The average molecular weight is 429 g/mol. The van der Waals surface area contributed by atoms with Crippen LogP contribution in [0.4, 0.5) is 0 Å². The molecule has 0 aliphatic carbocycles. The van der Waals surface area contributed by atoms with Gasteiger partial charge in [-0.3, -0.25) is 0 Å². The van der Waals surface area contributed by atoms with Crippen LogP contribution in [0.1, 0.15) is 37.0 Å². The van der Waals surface area contributed by atoms with E-state index in [2.05, 4.69) is 59.5 Å². The number of rotatable bonds is 5. The second kappa shape index (κ2) is 7.64. The molecule has 1 aromatic heterocycles. The Morgan fingerprint density at radius 3 is 2.47 bits per heavy atom. The molecule has 2 aromatic carbocycles. The Morgan fingerprint density at radius 2 is 1.78 bits per heavy atom. The van der Waals surface area contributed by atoms with Crippen LogP contribution in [0, 0.1) is 0 Å². The summed E-state index contributed by atoms with van der Waals surface area (Å²) in [7, 11) is 1.76. The zero-order valence-electron chi connectivity index (χ0n) is 18.7. The molecule has 0 amide bonds. The van der Waals surface area contributed by atoms with Gasteiger partial charge in [-0.25, -0.2) is 9.97 Å². The lowest BCUT2D eigenvalue weighted by Gasteiger charge is -2.36. The Morgan fingerprint density at radius 1 is 1.06 bits per heavy atom. The van der Waals surface area contributed by atoms with Crippen molar-refractivity contribution in [3.05, 3.63) is 83.7 Å². The van der Waals surface area contributed by atoms with Crippen molar-refractivity contribution in [2.24, 2.45) is 5.73 Å². The van der Waals surface area contributed by atoms with Gasteiger partial charge >= 0.3 is 0 Å². The third-order valence-corrected chi connectivity index (χ3v) is 6.64. The van der Waals surface area contributed by atoms with E-state index < -0.39 is 5.41 Å². The highest BCUT2D eigenvalue weighted by atomic mass is 16.5. The van der Waals surface area contributed by atoms with Gasteiger partial charge in [0.05, 0.1) is 16.8 Å². The number of aromatic nitrogens is 2. The van der Waals surface area contributed by atoms with E-state index in [-0.39, 0.29) is 5.60 Å². The fraction of sp³-hybridized carbons (Fsp3) is 0.308. The summed E-state index contributed by atoms with van der Waals surface area (Å²) < 4.78 is 12.0. The van der Waals surface area contributed by atoms with Gasteiger partial charge in [-0.05, 0) is 62.1 Å². The van der Waals surface area contributed by atoms with Crippen molar-refractivity contribution < 1.29 is 9.47 Å². The van der Waals surface area contributed by atoms with Crippen LogP contribution in [0.2, 0.25) is 0 Å². The second-order valence-corrected chi connectivity index (χ2v) is 9.16. The summed E-state index contributed by atoms with van der Waals surface area (Å²) in [5.41, 5.74) is 11.2. The SMILES string of the molecule is COC(C)(C)CCc1ccc2c(c1)[C@]1(C=C(N)NC1)c1cc(-c3cncnc3)ccc1O2. The number of nitrogens with two attached hydrogens (primary N) is 1. The van der Waals surface area contributed by atoms with Gasteiger partial charge in [-0.2, -0.15) is 0 Å². The smallest absolute Gasteiger partial charge is 0.131 e. The molecule has 2 aliphatic rings. The number of fused-ring (bicyclic) bond motifs is 4. The molecule has 2 aliphatic heterocycles. The molecule has 0 saturated carbocycles. The van der Waals surface area contributed by atoms with Crippen molar-refractivity contribution in [3.63, 3.8) is 0 Å². The molecule has 3 heterocycles. The highest BCUT2D eigenvalue weighted by Crippen LogP contribution is 2.51. The highest BCUT2D eigenvalue weighted by Gasteiger charge is 2.44. The lowest BCUT2D eigenvalue weighted by molar-refractivity contribution is 0.0158. The fourth-order valence-electron chi connectivity index (χ4n) is 4.53. The molecule has 3 N–H and O–H groups in total. The quantitative estimate of drug-likeness (QED) is 0.631. The fourth-order valence-corrected chi connectivity index (χ4v) is 4.53. The first-order valence-electron chi connectivity index (χ1n) is 10.9. The molecule has 0 bridgehead atoms. The van der Waals surface area contributed by atoms with Crippen molar-refractivity contribution in [1.29, 1.82) is 0 Å². The molecule has 0 radical (unpaired) electrons. The van der Waals surface area contributed by atoms with E-state index in [0.29, 0.717) is 12.4 Å². The van der Waals surface area contributed by atoms with Crippen molar-refractivity contribution in [3.8, 4) is 22.6 Å². The van der Waals surface area contributed by atoms with E-state index in [1.165, 1.54) is 5.56 Å². The van der Waals surface area contributed by atoms with E-state index in [9.17, 15) is 0 Å². The van der Waals surface area contributed by atoms with E-state index in [0.717, 1.165) is 46.6 Å².